The first-order chi connectivity index (χ1) is 28.0. The standard InChI is InChI=1S/C45H57N7O6/c1-4-21-51(22-5-2)45(58)36-25-30(3)48-38-27-35(13-12-34(38)26-36)44(57)49-37-14-15-40(47-28-37)50-23-18-33(19-24-50)43(56)46-20-6-7-39(53)32-10-8-31(9-11-32)29-52-41(54)16-17-42(52)55/h12-17,26-28,31-33H,4-11,18-25,29H2,1-3H3,(H,46,56)(H,49,57). The van der Waals surface area contributed by atoms with Gasteiger partial charge in [0.25, 0.3) is 17.7 Å². The van der Waals surface area contributed by atoms with Gasteiger partial charge in [-0.3, -0.25) is 38.7 Å². The summed E-state index contributed by atoms with van der Waals surface area (Å²) in [5.74, 6) is 0.437. The first-order valence-electron chi connectivity index (χ1n) is 21.1. The van der Waals surface area contributed by atoms with Crippen LogP contribution in [0.25, 0.3) is 6.08 Å². The number of Topliss-reactive ketones (excluding diaryl/α,β-unsaturated/α-hetero) is 1. The first-order valence-corrected chi connectivity index (χ1v) is 21.1. The van der Waals surface area contributed by atoms with Gasteiger partial charge in [-0.05, 0) is 101 Å². The van der Waals surface area contributed by atoms with E-state index in [1.54, 1.807) is 18.3 Å². The topological polar surface area (TPSA) is 161 Å². The van der Waals surface area contributed by atoms with E-state index >= 15 is 0 Å². The summed E-state index contributed by atoms with van der Waals surface area (Å²) in [7, 11) is 0. The lowest BCUT2D eigenvalue weighted by Crippen LogP contribution is -2.41. The number of anilines is 2. The molecule has 2 aromatic rings. The van der Waals surface area contributed by atoms with Crippen LogP contribution in [-0.2, 0) is 24.0 Å². The SMILES string of the molecule is CCCN(CCC)C(=O)C1=Cc2ccc(C(=O)Nc3ccc(N4CCC(C(=O)NCCCC(=O)C5CCC(CN6C(=O)C=CC6=O)CC5)CC4)nc3)cc2N=C(C)C1. The number of fused-ring (bicyclic) bond motifs is 1. The van der Waals surface area contributed by atoms with Gasteiger partial charge >= 0.3 is 0 Å². The molecule has 6 rings (SSSR count). The number of nitrogens with zero attached hydrogens (tertiary/aromatic N) is 5. The molecule has 4 heterocycles. The van der Waals surface area contributed by atoms with Crippen molar-refractivity contribution in [3.05, 3.63) is 65.4 Å². The second-order valence-electron chi connectivity index (χ2n) is 16.1. The largest absolute Gasteiger partial charge is 0.357 e. The van der Waals surface area contributed by atoms with Gasteiger partial charge < -0.3 is 20.4 Å². The fraction of sp³-hybridized carbons (Fsp3) is 0.511. The minimum atomic E-state index is -0.282. The van der Waals surface area contributed by atoms with Gasteiger partial charge in [0, 0.05) is 98.5 Å². The quantitative estimate of drug-likeness (QED) is 0.149. The van der Waals surface area contributed by atoms with Gasteiger partial charge in [0.1, 0.15) is 11.6 Å². The molecule has 2 fully saturated rings. The van der Waals surface area contributed by atoms with Crippen LogP contribution in [0.4, 0.5) is 17.2 Å². The number of hydrogen-bond acceptors (Lipinski definition) is 9. The van der Waals surface area contributed by atoms with Crippen molar-refractivity contribution in [2.75, 3.05) is 49.5 Å². The van der Waals surface area contributed by atoms with Gasteiger partial charge in [-0.2, -0.15) is 0 Å². The zero-order valence-electron chi connectivity index (χ0n) is 34.1. The van der Waals surface area contributed by atoms with Gasteiger partial charge in [0.15, 0.2) is 0 Å². The third-order valence-electron chi connectivity index (χ3n) is 11.7. The van der Waals surface area contributed by atoms with Gasteiger partial charge in [-0.1, -0.05) is 19.9 Å². The number of imide groups is 1. The summed E-state index contributed by atoms with van der Waals surface area (Å²) in [5, 5.41) is 5.97. The van der Waals surface area contributed by atoms with Crippen LogP contribution in [0.1, 0.15) is 107 Å². The van der Waals surface area contributed by atoms with Crippen LogP contribution in [0, 0.1) is 17.8 Å². The van der Waals surface area contributed by atoms with Crippen molar-refractivity contribution in [2.24, 2.45) is 22.7 Å². The van der Waals surface area contributed by atoms with E-state index < -0.39 is 0 Å². The molecule has 0 spiro atoms. The van der Waals surface area contributed by atoms with E-state index in [0.717, 1.165) is 55.6 Å². The highest BCUT2D eigenvalue weighted by Crippen LogP contribution is 2.32. The third-order valence-corrected chi connectivity index (χ3v) is 11.7. The number of ketones is 1. The fourth-order valence-electron chi connectivity index (χ4n) is 8.44. The Hall–Kier alpha value is -5.46. The Morgan fingerprint density at radius 2 is 1.59 bits per heavy atom. The highest BCUT2D eigenvalue weighted by Gasteiger charge is 2.31. The molecule has 1 aromatic heterocycles. The lowest BCUT2D eigenvalue weighted by molar-refractivity contribution is -0.138. The monoisotopic (exact) mass is 791 g/mol. The van der Waals surface area contributed by atoms with Gasteiger partial charge in [-0.15, -0.1) is 0 Å². The summed E-state index contributed by atoms with van der Waals surface area (Å²) in [6.45, 7) is 9.74. The summed E-state index contributed by atoms with van der Waals surface area (Å²) in [4.78, 5) is 90.9. The molecule has 5 amide bonds. The number of carbonyl (C=O) groups excluding carboxylic acids is 6. The first kappa shape index (κ1) is 42.2. The third kappa shape index (κ3) is 10.7. The molecule has 2 N–H and O–H groups in total. The highest BCUT2D eigenvalue weighted by atomic mass is 16.2. The molecular weight excluding hydrogens is 735 g/mol. The van der Waals surface area contributed by atoms with Crippen LogP contribution in [0.3, 0.4) is 0 Å². The number of amides is 5. The molecule has 0 atom stereocenters. The fourth-order valence-corrected chi connectivity index (χ4v) is 8.44. The van der Waals surface area contributed by atoms with Crippen LogP contribution >= 0.6 is 0 Å². The molecule has 3 aliphatic heterocycles. The van der Waals surface area contributed by atoms with E-state index in [2.05, 4.69) is 34.4 Å². The number of hydrogen-bond donors (Lipinski definition) is 2. The molecule has 1 aliphatic carbocycles. The zero-order valence-corrected chi connectivity index (χ0v) is 34.1. The Kier molecular flexibility index (Phi) is 14.4. The van der Waals surface area contributed by atoms with Gasteiger partial charge in [-0.25, -0.2) is 4.98 Å². The Labute approximate surface area is 341 Å². The Bertz CT molecular complexity index is 1930. The molecule has 0 radical (unpaired) electrons. The average Bonchev–Trinajstić information content (AvgIpc) is 3.43. The number of benzene rings is 1. The number of pyridine rings is 1. The maximum atomic E-state index is 13.4. The smallest absolute Gasteiger partial charge is 0.255 e. The Morgan fingerprint density at radius 1 is 0.879 bits per heavy atom. The summed E-state index contributed by atoms with van der Waals surface area (Å²) in [6, 6.07) is 9.05. The van der Waals surface area contributed by atoms with E-state index in [-0.39, 0.29) is 53.1 Å². The Balaban J connectivity index is 0.906. The van der Waals surface area contributed by atoms with Crippen molar-refractivity contribution in [3.8, 4) is 0 Å². The predicted molar refractivity (Wildman–Crippen MR) is 225 cm³/mol. The van der Waals surface area contributed by atoms with Crippen molar-refractivity contribution < 1.29 is 28.8 Å². The molecule has 1 saturated carbocycles. The Morgan fingerprint density at radius 3 is 2.24 bits per heavy atom. The van der Waals surface area contributed by atoms with Crippen LogP contribution in [0.15, 0.2) is 59.2 Å². The molecule has 13 nitrogen and oxygen atoms in total. The van der Waals surface area contributed by atoms with E-state index in [0.29, 0.717) is 93.9 Å². The van der Waals surface area contributed by atoms with Crippen molar-refractivity contribution in [2.45, 2.75) is 91.4 Å². The maximum Gasteiger partial charge on any atom is 0.255 e. The van der Waals surface area contributed by atoms with E-state index in [1.807, 2.05) is 36.1 Å². The number of piperidine rings is 1. The molecule has 58 heavy (non-hydrogen) atoms. The molecule has 1 aromatic carbocycles. The van der Waals surface area contributed by atoms with Crippen molar-refractivity contribution in [1.82, 2.24) is 20.1 Å². The second kappa shape index (κ2) is 19.8. The van der Waals surface area contributed by atoms with E-state index in [4.69, 9.17) is 4.99 Å². The minimum absolute atomic E-state index is 0.00998. The highest BCUT2D eigenvalue weighted by molar-refractivity contribution is 6.13. The number of aromatic nitrogens is 1. The summed E-state index contributed by atoms with van der Waals surface area (Å²) in [6.07, 6.45) is 14.1. The van der Waals surface area contributed by atoms with Gasteiger partial charge in [0.05, 0.1) is 17.6 Å². The minimum Gasteiger partial charge on any atom is -0.357 e. The molecule has 13 heteroatoms. The molecular formula is C45H57N7O6. The van der Waals surface area contributed by atoms with Crippen molar-refractivity contribution in [3.63, 3.8) is 0 Å². The molecule has 1 saturated heterocycles. The van der Waals surface area contributed by atoms with E-state index in [9.17, 15) is 28.8 Å². The summed E-state index contributed by atoms with van der Waals surface area (Å²) in [5.41, 5.74) is 4.01. The van der Waals surface area contributed by atoms with Crippen LogP contribution < -0.4 is 15.5 Å². The lowest BCUT2D eigenvalue weighted by atomic mass is 9.79. The molecule has 308 valence electrons. The summed E-state index contributed by atoms with van der Waals surface area (Å²) >= 11 is 0. The molecule has 4 aliphatic rings. The second-order valence-corrected chi connectivity index (χ2v) is 16.1. The van der Waals surface area contributed by atoms with Crippen LogP contribution in [0.5, 0.6) is 0 Å². The van der Waals surface area contributed by atoms with Crippen LogP contribution in [-0.4, -0.2) is 95.1 Å². The van der Waals surface area contributed by atoms with Crippen LogP contribution in [0.2, 0.25) is 0 Å². The number of nitrogens with one attached hydrogen (secondary N) is 2. The average molecular weight is 792 g/mol. The lowest BCUT2D eigenvalue weighted by Gasteiger charge is -2.32. The van der Waals surface area contributed by atoms with E-state index in [1.165, 1.54) is 17.1 Å². The number of carbonyl (C=O) groups is 6. The van der Waals surface area contributed by atoms with Crippen molar-refractivity contribution in [1.29, 1.82) is 0 Å². The number of rotatable bonds is 16. The van der Waals surface area contributed by atoms with Crippen molar-refractivity contribution >= 4 is 64.3 Å². The predicted octanol–water partition coefficient (Wildman–Crippen LogP) is 6.28. The maximum absolute atomic E-state index is 13.4. The normalized spacial score (nSPS) is 19.6. The summed E-state index contributed by atoms with van der Waals surface area (Å²) < 4.78 is 0. The molecule has 0 unspecified atom stereocenters. The van der Waals surface area contributed by atoms with Gasteiger partial charge in [0.2, 0.25) is 11.8 Å². The zero-order chi connectivity index (χ0) is 41.2. The number of aliphatic imine (C=N–C) groups is 1. The molecule has 0 bridgehead atoms.